The van der Waals surface area contributed by atoms with Crippen molar-refractivity contribution in [3.05, 3.63) is 59.4 Å². The molecule has 1 N–H and O–H groups in total. The SMILES string of the molecule is Cc1ccc(C(=O)NC2(c3cccnn3)CC2)cc1. The van der Waals surface area contributed by atoms with Gasteiger partial charge >= 0.3 is 0 Å². The van der Waals surface area contributed by atoms with Crippen molar-refractivity contribution in [1.29, 1.82) is 0 Å². The zero-order valence-electron chi connectivity index (χ0n) is 10.8. The molecule has 0 radical (unpaired) electrons. The lowest BCUT2D eigenvalue weighted by Crippen LogP contribution is -2.35. The van der Waals surface area contributed by atoms with E-state index in [-0.39, 0.29) is 11.4 Å². The highest BCUT2D eigenvalue weighted by molar-refractivity contribution is 5.95. The zero-order chi connectivity index (χ0) is 13.3. The Morgan fingerprint density at radius 2 is 1.95 bits per heavy atom. The van der Waals surface area contributed by atoms with Gasteiger partial charge in [-0.15, -0.1) is 0 Å². The Bertz CT molecular complexity index is 589. The van der Waals surface area contributed by atoms with Crippen LogP contribution in [0.5, 0.6) is 0 Å². The molecule has 1 aliphatic rings. The van der Waals surface area contributed by atoms with Crippen LogP contribution in [-0.2, 0) is 5.54 Å². The zero-order valence-corrected chi connectivity index (χ0v) is 10.8. The molecule has 4 heteroatoms. The molecule has 1 saturated carbocycles. The molecule has 0 saturated heterocycles. The lowest BCUT2D eigenvalue weighted by molar-refractivity contribution is 0.0929. The number of nitrogens with one attached hydrogen (secondary N) is 1. The molecule has 2 aromatic rings. The Labute approximate surface area is 111 Å². The van der Waals surface area contributed by atoms with Gasteiger partial charge in [0, 0.05) is 11.8 Å². The van der Waals surface area contributed by atoms with E-state index in [1.54, 1.807) is 6.20 Å². The van der Waals surface area contributed by atoms with Crippen molar-refractivity contribution in [2.24, 2.45) is 0 Å². The standard InChI is InChI=1S/C15H15N3O/c1-11-4-6-12(7-5-11)14(19)17-15(8-9-15)13-3-2-10-16-18-13/h2-7,10H,8-9H2,1H3,(H,17,19). The largest absolute Gasteiger partial charge is 0.341 e. The predicted molar refractivity (Wildman–Crippen MR) is 71.6 cm³/mol. The van der Waals surface area contributed by atoms with Crippen LogP contribution in [-0.4, -0.2) is 16.1 Å². The number of carbonyl (C=O) groups excluding carboxylic acids is 1. The summed E-state index contributed by atoms with van der Waals surface area (Å²) in [6.45, 7) is 2.00. The number of benzene rings is 1. The molecule has 0 atom stereocenters. The maximum Gasteiger partial charge on any atom is 0.252 e. The average molecular weight is 253 g/mol. The number of nitrogens with zero attached hydrogens (tertiary/aromatic N) is 2. The van der Waals surface area contributed by atoms with Crippen LogP contribution in [0.25, 0.3) is 0 Å². The second kappa shape index (κ2) is 4.46. The molecule has 3 rings (SSSR count). The molecule has 1 aromatic heterocycles. The van der Waals surface area contributed by atoms with Crippen LogP contribution in [0.4, 0.5) is 0 Å². The van der Waals surface area contributed by atoms with Crippen molar-refractivity contribution in [1.82, 2.24) is 15.5 Å². The number of amides is 1. The topological polar surface area (TPSA) is 54.9 Å². The third-order valence-corrected chi connectivity index (χ3v) is 3.48. The minimum atomic E-state index is -0.309. The summed E-state index contributed by atoms with van der Waals surface area (Å²) in [5.74, 6) is -0.0526. The molecule has 0 aliphatic heterocycles. The van der Waals surface area contributed by atoms with Crippen molar-refractivity contribution in [2.45, 2.75) is 25.3 Å². The number of aromatic nitrogens is 2. The molecule has 1 fully saturated rings. The minimum absolute atomic E-state index is 0.0526. The summed E-state index contributed by atoms with van der Waals surface area (Å²) in [7, 11) is 0. The lowest BCUT2D eigenvalue weighted by atomic mass is 10.1. The summed E-state index contributed by atoms with van der Waals surface area (Å²) >= 11 is 0. The van der Waals surface area contributed by atoms with Crippen molar-refractivity contribution in [3.63, 3.8) is 0 Å². The van der Waals surface area contributed by atoms with E-state index >= 15 is 0 Å². The van der Waals surface area contributed by atoms with Crippen molar-refractivity contribution in [2.75, 3.05) is 0 Å². The molecule has 1 aromatic carbocycles. The van der Waals surface area contributed by atoms with E-state index in [2.05, 4.69) is 15.5 Å². The van der Waals surface area contributed by atoms with Gasteiger partial charge in [-0.1, -0.05) is 17.7 Å². The minimum Gasteiger partial charge on any atom is -0.341 e. The highest BCUT2D eigenvalue weighted by Crippen LogP contribution is 2.44. The normalized spacial score (nSPS) is 15.8. The van der Waals surface area contributed by atoms with E-state index in [0.717, 1.165) is 24.1 Å². The molecular formula is C15H15N3O. The summed E-state index contributed by atoms with van der Waals surface area (Å²) < 4.78 is 0. The summed E-state index contributed by atoms with van der Waals surface area (Å²) in [5, 5.41) is 11.1. The second-order valence-electron chi connectivity index (χ2n) is 5.01. The second-order valence-corrected chi connectivity index (χ2v) is 5.01. The highest BCUT2D eigenvalue weighted by atomic mass is 16.1. The van der Waals surface area contributed by atoms with Crippen LogP contribution in [0.15, 0.2) is 42.6 Å². The summed E-state index contributed by atoms with van der Waals surface area (Å²) in [6.07, 6.45) is 3.48. The number of hydrogen-bond donors (Lipinski definition) is 1. The lowest BCUT2D eigenvalue weighted by Gasteiger charge is -2.16. The molecule has 19 heavy (non-hydrogen) atoms. The number of carbonyl (C=O) groups is 1. The first-order valence-corrected chi connectivity index (χ1v) is 6.37. The third kappa shape index (κ3) is 2.34. The molecule has 0 bridgehead atoms. The molecule has 1 aliphatic carbocycles. The summed E-state index contributed by atoms with van der Waals surface area (Å²) in [6, 6.07) is 11.3. The van der Waals surface area contributed by atoms with Crippen LogP contribution in [0.1, 0.15) is 34.5 Å². The van der Waals surface area contributed by atoms with Gasteiger partial charge in [-0.05, 0) is 44.0 Å². The van der Waals surface area contributed by atoms with Gasteiger partial charge in [-0.2, -0.15) is 10.2 Å². The highest BCUT2D eigenvalue weighted by Gasteiger charge is 2.47. The van der Waals surface area contributed by atoms with Gasteiger partial charge in [0.05, 0.1) is 11.2 Å². The smallest absolute Gasteiger partial charge is 0.252 e. The van der Waals surface area contributed by atoms with Gasteiger partial charge in [0.15, 0.2) is 0 Å². The predicted octanol–water partition coefficient (Wildman–Crippen LogP) is 2.20. The first-order chi connectivity index (χ1) is 9.20. The molecule has 96 valence electrons. The van der Waals surface area contributed by atoms with Crippen molar-refractivity contribution < 1.29 is 4.79 Å². The molecule has 1 amide bonds. The van der Waals surface area contributed by atoms with Crippen LogP contribution < -0.4 is 5.32 Å². The fourth-order valence-corrected chi connectivity index (χ4v) is 2.12. The molecule has 1 heterocycles. The van der Waals surface area contributed by atoms with Gasteiger partial charge < -0.3 is 5.32 Å². The van der Waals surface area contributed by atoms with Gasteiger partial charge in [-0.3, -0.25) is 4.79 Å². The Hall–Kier alpha value is -2.23. The Kier molecular flexibility index (Phi) is 2.78. The van der Waals surface area contributed by atoms with Gasteiger partial charge in [0.2, 0.25) is 0 Å². The van der Waals surface area contributed by atoms with Crippen LogP contribution >= 0.6 is 0 Å². The number of hydrogen-bond acceptors (Lipinski definition) is 3. The molecule has 0 spiro atoms. The summed E-state index contributed by atoms with van der Waals surface area (Å²) in [5.41, 5.74) is 2.36. The van der Waals surface area contributed by atoms with Gasteiger partial charge in [0.25, 0.3) is 5.91 Å². The Morgan fingerprint density at radius 3 is 2.53 bits per heavy atom. The Balaban J connectivity index is 1.78. The first-order valence-electron chi connectivity index (χ1n) is 6.37. The maximum absolute atomic E-state index is 12.2. The third-order valence-electron chi connectivity index (χ3n) is 3.48. The first kappa shape index (κ1) is 11.8. The van der Waals surface area contributed by atoms with E-state index in [1.807, 2.05) is 43.3 Å². The van der Waals surface area contributed by atoms with Gasteiger partial charge in [0.1, 0.15) is 0 Å². The average Bonchev–Trinajstić information content (AvgIpc) is 3.21. The summed E-state index contributed by atoms with van der Waals surface area (Å²) in [4.78, 5) is 12.2. The van der Waals surface area contributed by atoms with E-state index in [1.165, 1.54) is 0 Å². The monoisotopic (exact) mass is 253 g/mol. The fraction of sp³-hybridized carbons (Fsp3) is 0.267. The maximum atomic E-state index is 12.2. The molecule has 4 nitrogen and oxygen atoms in total. The van der Waals surface area contributed by atoms with Crippen molar-refractivity contribution in [3.8, 4) is 0 Å². The number of rotatable bonds is 3. The van der Waals surface area contributed by atoms with Crippen LogP contribution in [0.3, 0.4) is 0 Å². The van der Waals surface area contributed by atoms with E-state index in [9.17, 15) is 4.79 Å². The van der Waals surface area contributed by atoms with Crippen LogP contribution in [0, 0.1) is 6.92 Å². The van der Waals surface area contributed by atoms with Crippen LogP contribution in [0.2, 0.25) is 0 Å². The quantitative estimate of drug-likeness (QED) is 0.912. The molecule has 0 unspecified atom stereocenters. The van der Waals surface area contributed by atoms with E-state index in [4.69, 9.17) is 0 Å². The fourth-order valence-electron chi connectivity index (χ4n) is 2.12. The van der Waals surface area contributed by atoms with Crippen molar-refractivity contribution >= 4 is 5.91 Å². The Morgan fingerprint density at radius 1 is 1.21 bits per heavy atom. The van der Waals surface area contributed by atoms with Gasteiger partial charge in [-0.25, -0.2) is 0 Å². The van der Waals surface area contributed by atoms with E-state index < -0.39 is 0 Å². The van der Waals surface area contributed by atoms with E-state index in [0.29, 0.717) is 5.56 Å². The number of aryl methyl sites for hydroxylation is 1. The molecular weight excluding hydrogens is 238 g/mol.